The number of hydrogen-bond acceptors (Lipinski definition) is 5. The Morgan fingerprint density at radius 2 is 2.05 bits per heavy atom. The molecule has 0 spiro atoms. The predicted octanol–water partition coefficient (Wildman–Crippen LogP) is 3.19. The van der Waals surface area contributed by atoms with E-state index in [1.807, 2.05) is 17.7 Å². The number of aromatic nitrogens is 3. The second-order valence-corrected chi connectivity index (χ2v) is 6.18. The SMILES string of the molecule is Cc1csc(Cc2nc(-c3c[nH]c(C(=O)O)c3)cs2)n1. The third kappa shape index (κ3) is 2.63. The smallest absolute Gasteiger partial charge is 0.352 e. The molecule has 0 amide bonds. The van der Waals surface area contributed by atoms with Gasteiger partial charge in [0.2, 0.25) is 0 Å². The molecule has 7 heteroatoms. The molecule has 0 aliphatic rings. The summed E-state index contributed by atoms with van der Waals surface area (Å²) in [7, 11) is 0. The van der Waals surface area contributed by atoms with Gasteiger partial charge in [-0.15, -0.1) is 22.7 Å². The zero-order chi connectivity index (χ0) is 14.1. The normalized spacial score (nSPS) is 10.8. The number of aryl methyl sites for hydroxylation is 1. The van der Waals surface area contributed by atoms with Crippen LogP contribution in [-0.2, 0) is 6.42 Å². The Balaban J connectivity index is 1.80. The lowest BCUT2D eigenvalue weighted by Crippen LogP contribution is -1.94. The summed E-state index contributed by atoms with van der Waals surface area (Å²) >= 11 is 3.19. The summed E-state index contributed by atoms with van der Waals surface area (Å²) in [5.41, 5.74) is 2.78. The number of aromatic amines is 1. The van der Waals surface area contributed by atoms with Gasteiger partial charge in [-0.1, -0.05) is 0 Å². The van der Waals surface area contributed by atoms with Gasteiger partial charge in [0.25, 0.3) is 0 Å². The van der Waals surface area contributed by atoms with Gasteiger partial charge in [0, 0.05) is 28.2 Å². The second kappa shape index (κ2) is 5.18. The molecule has 3 heterocycles. The molecular formula is C13H11N3O2S2. The highest BCUT2D eigenvalue weighted by Crippen LogP contribution is 2.25. The number of nitrogens with one attached hydrogen (secondary N) is 1. The van der Waals surface area contributed by atoms with Crippen molar-refractivity contribution in [1.29, 1.82) is 0 Å². The Morgan fingerprint density at radius 3 is 2.70 bits per heavy atom. The van der Waals surface area contributed by atoms with Gasteiger partial charge < -0.3 is 10.1 Å². The maximum Gasteiger partial charge on any atom is 0.352 e. The first kappa shape index (κ1) is 13.0. The van der Waals surface area contributed by atoms with E-state index in [0.29, 0.717) is 0 Å². The van der Waals surface area contributed by atoms with Gasteiger partial charge >= 0.3 is 5.97 Å². The van der Waals surface area contributed by atoms with Crippen LogP contribution in [0.4, 0.5) is 0 Å². The summed E-state index contributed by atoms with van der Waals surface area (Å²) in [6.07, 6.45) is 2.38. The zero-order valence-corrected chi connectivity index (χ0v) is 12.2. The molecule has 0 aromatic carbocycles. The van der Waals surface area contributed by atoms with E-state index in [2.05, 4.69) is 15.0 Å². The lowest BCUT2D eigenvalue weighted by atomic mass is 10.2. The molecule has 0 unspecified atom stereocenters. The Bertz CT molecular complexity index is 757. The molecule has 0 aliphatic heterocycles. The van der Waals surface area contributed by atoms with Crippen LogP contribution in [0.25, 0.3) is 11.3 Å². The molecule has 0 fully saturated rings. The van der Waals surface area contributed by atoms with Crippen molar-refractivity contribution in [2.24, 2.45) is 0 Å². The van der Waals surface area contributed by atoms with Crippen molar-refractivity contribution in [2.75, 3.05) is 0 Å². The van der Waals surface area contributed by atoms with Crippen LogP contribution in [-0.4, -0.2) is 26.0 Å². The Kier molecular flexibility index (Phi) is 3.37. The van der Waals surface area contributed by atoms with Crippen molar-refractivity contribution >= 4 is 28.6 Å². The summed E-state index contributed by atoms with van der Waals surface area (Å²) in [6, 6.07) is 1.59. The maximum absolute atomic E-state index is 10.8. The standard InChI is InChI=1S/C13H11N3O2S2/c1-7-5-19-11(15-7)3-12-16-10(6-20-12)8-2-9(13(17)18)14-4-8/h2,4-6,14H,3H2,1H3,(H,17,18). The first-order valence-electron chi connectivity index (χ1n) is 5.89. The highest BCUT2D eigenvalue weighted by molar-refractivity contribution is 7.11. The minimum absolute atomic E-state index is 0.171. The van der Waals surface area contributed by atoms with E-state index in [-0.39, 0.29) is 5.69 Å². The van der Waals surface area contributed by atoms with Gasteiger partial charge in [0.05, 0.1) is 17.1 Å². The number of nitrogens with zero attached hydrogens (tertiary/aromatic N) is 2. The number of hydrogen-bond donors (Lipinski definition) is 2. The highest BCUT2D eigenvalue weighted by atomic mass is 32.1. The number of H-pyrrole nitrogens is 1. The summed E-state index contributed by atoms with van der Waals surface area (Å²) in [5, 5.41) is 14.9. The van der Waals surface area contributed by atoms with Crippen molar-refractivity contribution in [1.82, 2.24) is 15.0 Å². The quantitative estimate of drug-likeness (QED) is 0.776. The lowest BCUT2D eigenvalue weighted by Gasteiger charge is -1.91. The fourth-order valence-electron chi connectivity index (χ4n) is 1.80. The van der Waals surface area contributed by atoms with Gasteiger partial charge in [-0.05, 0) is 13.0 Å². The predicted molar refractivity (Wildman–Crippen MR) is 78.5 cm³/mol. The van der Waals surface area contributed by atoms with Crippen LogP contribution < -0.4 is 0 Å². The van der Waals surface area contributed by atoms with Crippen LogP contribution >= 0.6 is 22.7 Å². The minimum Gasteiger partial charge on any atom is -0.477 e. The number of aromatic carboxylic acids is 1. The van der Waals surface area contributed by atoms with E-state index in [1.54, 1.807) is 34.9 Å². The Morgan fingerprint density at radius 1 is 1.30 bits per heavy atom. The molecule has 3 aromatic heterocycles. The first-order valence-corrected chi connectivity index (χ1v) is 7.65. The molecule has 0 aliphatic carbocycles. The van der Waals surface area contributed by atoms with E-state index in [0.717, 1.165) is 33.4 Å². The van der Waals surface area contributed by atoms with Crippen molar-refractivity contribution in [3.8, 4) is 11.3 Å². The van der Waals surface area contributed by atoms with Crippen molar-refractivity contribution in [3.63, 3.8) is 0 Å². The Labute approximate surface area is 123 Å². The van der Waals surface area contributed by atoms with E-state index in [1.165, 1.54) is 0 Å². The lowest BCUT2D eigenvalue weighted by molar-refractivity contribution is 0.0691. The zero-order valence-electron chi connectivity index (χ0n) is 10.6. The fourth-order valence-corrected chi connectivity index (χ4v) is 3.48. The molecule has 3 aromatic rings. The van der Waals surface area contributed by atoms with E-state index in [4.69, 9.17) is 5.11 Å². The molecule has 0 radical (unpaired) electrons. The summed E-state index contributed by atoms with van der Waals surface area (Å²) in [4.78, 5) is 22.5. The minimum atomic E-state index is -0.968. The molecule has 3 rings (SSSR count). The molecule has 5 nitrogen and oxygen atoms in total. The number of carboxylic acid groups (broad SMARTS) is 1. The molecular weight excluding hydrogens is 294 g/mol. The van der Waals surface area contributed by atoms with Crippen LogP contribution in [0.2, 0.25) is 0 Å². The van der Waals surface area contributed by atoms with Crippen LogP contribution in [0, 0.1) is 6.92 Å². The fraction of sp³-hybridized carbons (Fsp3) is 0.154. The van der Waals surface area contributed by atoms with Gasteiger partial charge in [-0.25, -0.2) is 14.8 Å². The maximum atomic E-state index is 10.8. The third-order valence-electron chi connectivity index (χ3n) is 2.73. The van der Waals surface area contributed by atoms with Gasteiger partial charge in [0.15, 0.2) is 0 Å². The van der Waals surface area contributed by atoms with Gasteiger partial charge in [-0.3, -0.25) is 0 Å². The molecule has 0 saturated heterocycles. The molecule has 0 atom stereocenters. The molecule has 102 valence electrons. The van der Waals surface area contributed by atoms with Crippen LogP contribution in [0.3, 0.4) is 0 Å². The van der Waals surface area contributed by atoms with Crippen molar-refractivity contribution < 1.29 is 9.90 Å². The average Bonchev–Trinajstić information content (AvgIpc) is 3.10. The highest BCUT2D eigenvalue weighted by Gasteiger charge is 2.11. The molecule has 2 N–H and O–H groups in total. The summed E-state index contributed by atoms with van der Waals surface area (Å²) in [6.45, 7) is 1.97. The Hall–Kier alpha value is -1.99. The summed E-state index contributed by atoms with van der Waals surface area (Å²) < 4.78 is 0. The topological polar surface area (TPSA) is 78.9 Å². The van der Waals surface area contributed by atoms with Crippen molar-refractivity contribution in [3.05, 3.63) is 44.4 Å². The van der Waals surface area contributed by atoms with Crippen molar-refractivity contribution in [2.45, 2.75) is 13.3 Å². The molecule has 20 heavy (non-hydrogen) atoms. The third-order valence-corrected chi connectivity index (χ3v) is 4.55. The second-order valence-electron chi connectivity index (χ2n) is 4.29. The van der Waals surface area contributed by atoms with Gasteiger partial charge in [-0.2, -0.15) is 0 Å². The van der Waals surface area contributed by atoms with E-state index >= 15 is 0 Å². The van der Waals surface area contributed by atoms with Crippen LogP contribution in [0.1, 0.15) is 26.2 Å². The number of carbonyl (C=O) groups is 1. The number of thiazole rings is 2. The number of rotatable bonds is 4. The summed E-state index contributed by atoms with van der Waals surface area (Å²) in [5.74, 6) is -0.968. The van der Waals surface area contributed by atoms with Gasteiger partial charge in [0.1, 0.15) is 10.7 Å². The first-order chi connectivity index (χ1) is 9.61. The van der Waals surface area contributed by atoms with Crippen LogP contribution in [0.15, 0.2) is 23.0 Å². The molecule has 0 bridgehead atoms. The van der Waals surface area contributed by atoms with E-state index in [9.17, 15) is 4.79 Å². The van der Waals surface area contributed by atoms with E-state index < -0.39 is 5.97 Å². The number of carboxylic acids is 1. The monoisotopic (exact) mass is 305 g/mol. The average molecular weight is 305 g/mol. The largest absolute Gasteiger partial charge is 0.477 e. The van der Waals surface area contributed by atoms with Crippen LogP contribution in [0.5, 0.6) is 0 Å². The molecule has 0 saturated carbocycles.